The van der Waals surface area contributed by atoms with Crippen LogP contribution in [0.2, 0.25) is 0 Å². The van der Waals surface area contributed by atoms with E-state index in [4.69, 9.17) is 9.47 Å². The number of nitrogens with zero attached hydrogens (tertiary/aromatic N) is 1. The number of rotatable bonds is 5. The van der Waals surface area contributed by atoms with Gasteiger partial charge in [-0.3, -0.25) is 4.90 Å². The fourth-order valence-electron chi connectivity index (χ4n) is 6.11. The van der Waals surface area contributed by atoms with Crippen LogP contribution < -0.4 is 10.1 Å². The smallest absolute Gasteiger partial charge is 0.407 e. The van der Waals surface area contributed by atoms with Crippen LogP contribution in [0.3, 0.4) is 0 Å². The van der Waals surface area contributed by atoms with E-state index in [1.807, 2.05) is 26.0 Å². The summed E-state index contributed by atoms with van der Waals surface area (Å²) in [6, 6.07) is 12.9. The van der Waals surface area contributed by atoms with Crippen molar-refractivity contribution in [3.63, 3.8) is 0 Å². The van der Waals surface area contributed by atoms with Crippen LogP contribution in [-0.2, 0) is 11.2 Å². The van der Waals surface area contributed by atoms with Gasteiger partial charge in [0.1, 0.15) is 11.9 Å². The number of hydrogen-bond acceptors (Lipinski definition) is 4. The van der Waals surface area contributed by atoms with Gasteiger partial charge >= 0.3 is 6.09 Å². The second kappa shape index (κ2) is 8.92. The maximum atomic E-state index is 13.0. The number of ether oxygens (including phenoxy) is 2. The van der Waals surface area contributed by atoms with Gasteiger partial charge in [-0.15, -0.1) is 0 Å². The fourth-order valence-corrected chi connectivity index (χ4v) is 6.11. The molecule has 2 aromatic rings. The largest absolute Gasteiger partial charge is 0.491 e. The van der Waals surface area contributed by atoms with Gasteiger partial charge in [-0.2, -0.15) is 0 Å². The lowest BCUT2D eigenvalue weighted by Gasteiger charge is -2.44. The standard InChI is InChI=1S/C29H38N2O3/c1-18(2)33-23-8-6-20(7-9-23)24-15-22-16-29(4,5)27(25(22)14-19(24)3)30-28(32)34-26-17-31-12-10-21(26)11-13-31/h6-9,14-15,18,21,26-27H,10-13,16-17H2,1-5H3,(H,30,32)/t26-,27-/m0/s1. The van der Waals surface area contributed by atoms with Gasteiger partial charge in [-0.05, 0) is 104 Å². The van der Waals surface area contributed by atoms with E-state index >= 15 is 0 Å². The SMILES string of the molecule is Cc1cc2c(cc1-c1ccc(OC(C)C)cc1)CC(C)(C)[C@H]2NC(=O)O[C@H]1CN2CCC1CC2. The molecule has 0 unspecified atom stereocenters. The van der Waals surface area contributed by atoms with E-state index in [0.29, 0.717) is 5.92 Å². The summed E-state index contributed by atoms with van der Waals surface area (Å²) < 4.78 is 11.8. The van der Waals surface area contributed by atoms with Crippen LogP contribution in [0.25, 0.3) is 11.1 Å². The molecule has 0 aromatic heterocycles. The zero-order valence-electron chi connectivity index (χ0n) is 21.2. The molecule has 182 valence electrons. The molecular weight excluding hydrogens is 424 g/mol. The molecule has 0 radical (unpaired) electrons. The molecule has 3 aliphatic heterocycles. The van der Waals surface area contributed by atoms with Gasteiger partial charge in [-0.25, -0.2) is 4.79 Å². The highest BCUT2D eigenvalue weighted by Crippen LogP contribution is 2.47. The minimum Gasteiger partial charge on any atom is -0.491 e. The number of fused-ring (bicyclic) bond motifs is 4. The summed E-state index contributed by atoms with van der Waals surface area (Å²) in [6.45, 7) is 13.9. The predicted octanol–water partition coefficient (Wildman–Crippen LogP) is 5.89. The van der Waals surface area contributed by atoms with Gasteiger partial charge in [0.15, 0.2) is 0 Å². The molecule has 1 aliphatic carbocycles. The third-order valence-corrected chi connectivity index (χ3v) is 7.88. The Morgan fingerprint density at radius 2 is 1.82 bits per heavy atom. The first-order valence-corrected chi connectivity index (χ1v) is 12.8. The lowest BCUT2D eigenvalue weighted by Crippen LogP contribution is -2.53. The van der Waals surface area contributed by atoms with Crippen LogP contribution in [0.1, 0.15) is 63.3 Å². The molecule has 3 heterocycles. The summed E-state index contributed by atoms with van der Waals surface area (Å²) in [5.41, 5.74) is 6.09. The fraction of sp³-hybridized carbons (Fsp3) is 0.552. The first kappa shape index (κ1) is 23.2. The monoisotopic (exact) mass is 462 g/mol. The van der Waals surface area contributed by atoms with Crippen LogP contribution in [0.15, 0.2) is 36.4 Å². The Morgan fingerprint density at radius 3 is 2.44 bits per heavy atom. The van der Waals surface area contributed by atoms with Crippen LogP contribution in [0.4, 0.5) is 4.79 Å². The third-order valence-electron chi connectivity index (χ3n) is 7.88. The van der Waals surface area contributed by atoms with Crippen LogP contribution in [0.5, 0.6) is 5.75 Å². The molecule has 4 aliphatic rings. The maximum absolute atomic E-state index is 13.0. The minimum absolute atomic E-state index is 0.0262. The Morgan fingerprint density at radius 1 is 1.12 bits per heavy atom. The molecule has 1 N–H and O–H groups in total. The highest BCUT2D eigenvalue weighted by molar-refractivity contribution is 5.72. The van der Waals surface area contributed by atoms with Crippen molar-refractivity contribution in [2.24, 2.45) is 11.3 Å². The molecule has 5 heteroatoms. The molecule has 34 heavy (non-hydrogen) atoms. The van der Waals surface area contributed by atoms with Crippen molar-refractivity contribution in [2.45, 2.75) is 72.1 Å². The Labute approximate surface area is 203 Å². The number of hydrogen-bond donors (Lipinski definition) is 1. The second-order valence-electron chi connectivity index (χ2n) is 11.4. The summed E-state index contributed by atoms with van der Waals surface area (Å²) >= 11 is 0. The molecule has 2 bridgehead atoms. The molecule has 3 saturated heterocycles. The third kappa shape index (κ3) is 4.55. The number of carbonyl (C=O) groups excluding carboxylic acids is 1. The van der Waals surface area contributed by atoms with E-state index in [1.54, 1.807) is 0 Å². The zero-order valence-corrected chi connectivity index (χ0v) is 21.2. The Bertz CT molecular complexity index is 1050. The molecule has 2 atom stereocenters. The van der Waals surface area contributed by atoms with Gasteiger partial charge in [0.25, 0.3) is 0 Å². The number of carbonyl (C=O) groups is 1. The van der Waals surface area contributed by atoms with Gasteiger partial charge in [0, 0.05) is 6.54 Å². The highest BCUT2D eigenvalue weighted by atomic mass is 16.6. The number of benzene rings is 2. The van der Waals surface area contributed by atoms with Crippen LogP contribution in [0, 0.1) is 18.3 Å². The van der Waals surface area contributed by atoms with E-state index < -0.39 is 0 Å². The molecule has 0 saturated carbocycles. The van der Waals surface area contributed by atoms with Crippen molar-refractivity contribution >= 4 is 6.09 Å². The summed E-state index contributed by atoms with van der Waals surface area (Å²) in [4.78, 5) is 15.4. The van der Waals surface area contributed by atoms with Crippen molar-refractivity contribution in [1.82, 2.24) is 10.2 Å². The van der Waals surface area contributed by atoms with Gasteiger partial charge in [-0.1, -0.05) is 38.1 Å². The lowest BCUT2D eigenvalue weighted by molar-refractivity contribution is -0.0348. The zero-order chi connectivity index (χ0) is 24.0. The van der Waals surface area contributed by atoms with E-state index in [0.717, 1.165) is 44.6 Å². The average molecular weight is 463 g/mol. The predicted molar refractivity (Wildman–Crippen MR) is 135 cm³/mol. The number of nitrogens with one attached hydrogen (secondary N) is 1. The summed E-state index contributed by atoms with van der Waals surface area (Å²) in [5, 5.41) is 3.25. The van der Waals surface area contributed by atoms with Crippen molar-refractivity contribution in [1.29, 1.82) is 0 Å². The topological polar surface area (TPSA) is 50.8 Å². The van der Waals surface area contributed by atoms with Crippen molar-refractivity contribution in [3.8, 4) is 16.9 Å². The van der Waals surface area contributed by atoms with Crippen LogP contribution >= 0.6 is 0 Å². The van der Waals surface area contributed by atoms with Crippen molar-refractivity contribution in [2.75, 3.05) is 19.6 Å². The van der Waals surface area contributed by atoms with Crippen molar-refractivity contribution < 1.29 is 14.3 Å². The minimum atomic E-state index is -0.271. The normalized spacial score (nSPS) is 26.9. The molecule has 1 amide bonds. The number of piperidine rings is 3. The Hall–Kier alpha value is -2.53. The Balaban J connectivity index is 1.33. The van der Waals surface area contributed by atoms with E-state index in [1.165, 1.54) is 27.8 Å². The molecule has 5 nitrogen and oxygen atoms in total. The van der Waals surface area contributed by atoms with Crippen LogP contribution in [-0.4, -0.2) is 42.8 Å². The maximum Gasteiger partial charge on any atom is 0.407 e. The number of alkyl carbamates (subject to hydrolysis) is 1. The van der Waals surface area contributed by atoms with E-state index in [-0.39, 0.29) is 29.8 Å². The molecule has 3 fully saturated rings. The molecule has 6 rings (SSSR count). The van der Waals surface area contributed by atoms with Gasteiger partial charge < -0.3 is 14.8 Å². The molecular formula is C29H38N2O3. The first-order valence-electron chi connectivity index (χ1n) is 12.8. The molecule has 2 aromatic carbocycles. The van der Waals surface area contributed by atoms with E-state index in [2.05, 4.69) is 55.3 Å². The van der Waals surface area contributed by atoms with E-state index in [9.17, 15) is 4.79 Å². The first-order chi connectivity index (χ1) is 16.2. The summed E-state index contributed by atoms with van der Waals surface area (Å²) in [6.07, 6.45) is 3.13. The van der Waals surface area contributed by atoms with Gasteiger partial charge in [0.2, 0.25) is 0 Å². The number of aryl methyl sites for hydroxylation is 1. The Kier molecular flexibility index (Phi) is 6.09. The average Bonchev–Trinajstić information content (AvgIpc) is 3.03. The quantitative estimate of drug-likeness (QED) is 0.602. The van der Waals surface area contributed by atoms with Gasteiger partial charge in [0.05, 0.1) is 12.1 Å². The second-order valence-corrected chi connectivity index (χ2v) is 11.4. The highest BCUT2D eigenvalue weighted by Gasteiger charge is 2.42. The summed E-state index contributed by atoms with van der Waals surface area (Å²) in [7, 11) is 0. The van der Waals surface area contributed by atoms with Crippen molar-refractivity contribution in [3.05, 3.63) is 53.1 Å². The molecule has 0 spiro atoms. The lowest BCUT2D eigenvalue weighted by atomic mass is 9.85. The number of amides is 1. The summed E-state index contributed by atoms with van der Waals surface area (Å²) in [5.74, 6) is 1.41.